The van der Waals surface area contributed by atoms with Gasteiger partial charge in [-0.05, 0) is 53.6 Å². The number of hydrogen-bond donors (Lipinski definition) is 3. The summed E-state index contributed by atoms with van der Waals surface area (Å²) < 4.78 is 0. The third kappa shape index (κ3) is 5.92. The number of primary amides is 1. The van der Waals surface area contributed by atoms with Crippen molar-refractivity contribution in [1.29, 1.82) is 0 Å². The second-order valence-electron chi connectivity index (χ2n) is 7.57. The van der Waals surface area contributed by atoms with Gasteiger partial charge in [-0.1, -0.05) is 52.0 Å². The lowest BCUT2D eigenvalue weighted by molar-refractivity contribution is -0.115. The van der Waals surface area contributed by atoms with Crippen LogP contribution in [0.15, 0.2) is 48.5 Å². The molecule has 0 aromatic heterocycles. The second kappa shape index (κ2) is 10.0. The molecule has 0 aliphatic rings. The van der Waals surface area contributed by atoms with Gasteiger partial charge in [0.05, 0.1) is 6.54 Å². The van der Waals surface area contributed by atoms with Gasteiger partial charge in [0.2, 0.25) is 11.8 Å². The Morgan fingerprint density at radius 2 is 1.50 bits per heavy atom. The molecule has 2 rings (SSSR count). The van der Waals surface area contributed by atoms with Gasteiger partial charge in [0.25, 0.3) is 0 Å². The van der Waals surface area contributed by atoms with Gasteiger partial charge >= 0.3 is 0 Å². The van der Waals surface area contributed by atoms with E-state index in [2.05, 4.69) is 62.6 Å². The highest BCUT2D eigenvalue weighted by Crippen LogP contribution is 2.25. The topological polar surface area (TPSA) is 84.2 Å². The first-order valence-corrected chi connectivity index (χ1v) is 9.84. The Morgan fingerprint density at radius 1 is 0.929 bits per heavy atom. The van der Waals surface area contributed by atoms with Crippen LogP contribution in [-0.4, -0.2) is 18.4 Å². The highest BCUT2D eigenvalue weighted by atomic mass is 16.2. The molecule has 0 unspecified atom stereocenters. The quantitative estimate of drug-likeness (QED) is 0.608. The molecule has 2 amide bonds. The van der Waals surface area contributed by atoms with E-state index in [0.29, 0.717) is 23.1 Å². The fourth-order valence-electron chi connectivity index (χ4n) is 3.13. The Kier molecular flexibility index (Phi) is 7.76. The number of carbonyl (C=O) groups is 2. The summed E-state index contributed by atoms with van der Waals surface area (Å²) >= 11 is 0. The molecule has 0 saturated heterocycles. The van der Waals surface area contributed by atoms with Crippen LogP contribution < -0.4 is 16.4 Å². The standard InChI is InChI=1S/C23H31N3O2/c1-5-16(4)17-6-8-18(9-7-17)22(15(2)3)25-14-21(27)26-20-12-10-19(11-13-20)23(24)28/h6-13,15-16,22,25H,5,14H2,1-4H3,(H2,24,28)(H,26,27)/t16-,22-/m0/s1. The minimum Gasteiger partial charge on any atom is -0.366 e. The van der Waals surface area contributed by atoms with Crippen LogP contribution in [0.3, 0.4) is 0 Å². The van der Waals surface area contributed by atoms with Crippen molar-refractivity contribution in [2.24, 2.45) is 11.7 Å². The van der Waals surface area contributed by atoms with Gasteiger partial charge in [0.15, 0.2) is 0 Å². The van der Waals surface area contributed by atoms with Crippen molar-refractivity contribution in [2.75, 3.05) is 11.9 Å². The molecule has 5 nitrogen and oxygen atoms in total. The lowest BCUT2D eigenvalue weighted by atomic mass is 9.92. The van der Waals surface area contributed by atoms with E-state index in [0.717, 1.165) is 6.42 Å². The highest BCUT2D eigenvalue weighted by molar-refractivity contribution is 5.95. The molecular weight excluding hydrogens is 350 g/mol. The molecule has 150 valence electrons. The van der Waals surface area contributed by atoms with Crippen molar-refractivity contribution in [3.8, 4) is 0 Å². The minimum atomic E-state index is -0.487. The van der Waals surface area contributed by atoms with Crippen LogP contribution in [0, 0.1) is 5.92 Å². The predicted octanol–water partition coefficient (Wildman–Crippen LogP) is 4.22. The zero-order chi connectivity index (χ0) is 20.7. The maximum atomic E-state index is 12.3. The van der Waals surface area contributed by atoms with Crippen molar-refractivity contribution in [2.45, 2.75) is 46.1 Å². The molecule has 5 heteroatoms. The van der Waals surface area contributed by atoms with E-state index < -0.39 is 5.91 Å². The number of nitrogens with two attached hydrogens (primary N) is 1. The van der Waals surface area contributed by atoms with E-state index in [1.54, 1.807) is 24.3 Å². The largest absolute Gasteiger partial charge is 0.366 e. The summed E-state index contributed by atoms with van der Waals surface area (Å²) in [4.78, 5) is 23.4. The normalized spacial score (nSPS) is 13.2. The Hall–Kier alpha value is -2.66. The van der Waals surface area contributed by atoms with Gasteiger partial charge in [-0.3, -0.25) is 9.59 Å². The Labute approximate surface area is 167 Å². The van der Waals surface area contributed by atoms with Gasteiger partial charge in [-0.25, -0.2) is 0 Å². The molecular formula is C23H31N3O2. The summed E-state index contributed by atoms with van der Waals surface area (Å²) in [5.41, 5.74) is 8.80. The predicted molar refractivity (Wildman–Crippen MR) is 114 cm³/mol. The van der Waals surface area contributed by atoms with E-state index in [9.17, 15) is 9.59 Å². The van der Waals surface area contributed by atoms with Crippen molar-refractivity contribution < 1.29 is 9.59 Å². The van der Waals surface area contributed by atoms with Gasteiger partial charge in [0.1, 0.15) is 0 Å². The first-order chi connectivity index (χ1) is 13.3. The summed E-state index contributed by atoms with van der Waals surface area (Å²) in [5.74, 6) is 0.274. The van der Waals surface area contributed by atoms with Crippen molar-refractivity contribution in [3.05, 3.63) is 65.2 Å². The van der Waals surface area contributed by atoms with E-state index >= 15 is 0 Å². The average Bonchev–Trinajstić information content (AvgIpc) is 2.68. The van der Waals surface area contributed by atoms with Crippen molar-refractivity contribution in [1.82, 2.24) is 5.32 Å². The first-order valence-electron chi connectivity index (χ1n) is 9.84. The van der Waals surface area contributed by atoms with E-state index in [-0.39, 0.29) is 18.5 Å². The number of nitrogens with one attached hydrogen (secondary N) is 2. The third-order valence-corrected chi connectivity index (χ3v) is 5.08. The van der Waals surface area contributed by atoms with Crippen LogP contribution in [-0.2, 0) is 4.79 Å². The van der Waals surface area contributed by atoms with Crippen LogP contribution in [0.1, 0.15) is 67.6 Å². The smallest absolute Gasteiger partial charge is 0.248 e. The van der Waals surface area contributed by atoms with E-state index in [1.807, 2.05) is 0 Å². The highest BCUT2D eigenvalue weighted by Gasteiger charge is 2.17. The van der Waals surface area contributed by atoms with Crippen LogP contribution in [0.2, 0.25) is 0 Å². The molecule has 2 atom stereocenters. The molecule has 0 fully saturated rings. The molecule has 0 bridgehead atoms. The Balaban J connectivity index is 1.96. The minimum absolute atomic E-state index is 0.0916. The maximum absolute atomic E-state index is 12.3. The SMILES string of the molecule is CC[C@H](C)c1ccc([C@@H](NCC(=O)Nc2ccc(C(N)=O)cc2)C(C)C)cc1. The average molecular weight is 382 g/mol. The number of hydrogen-bond acceptors (Lipinski definition) is 3. The monoisotopic (exact) mass is 381 g/mol. The Bertz CT molecular complexity index is 782. The molecule has 0 aliphatic carbocycles. The molecule has 4 N–H and O–H groups in total. The van der Waals surface area contributed by atoms with Gasteiger partial charge in [0, 0.05) is 17.3 Å². The molecule has 2 aromatic carbocycles. The molecule has 0 radical (unpaired) electrons. The Morgan fingerprint density at radius 3 is 2.00 bits per heavy atom. The van der Waals surface area contributed by atoms with Crippen molar-refractivity contribution in [3.63, 3.8) is 0 Å². The zero-order valence-corrected chi connectivity index (χ0v) is 17.2. The molecule has 2 aromatic rings. The van der Waals surface area contributed by atoms with Crippen molar-refractivity contribution >= 4 is 17.5 Å². The summed E-state index contributed by atoms with van der Waals surface area (Å²) in [5, 5.41) is 6.19. The summed E-state index contributed by atoms with van der Waals surface area (Å²) in [7, 11) is 0. The van der Waals surface area contributed by atoms with Gasteiger partial charge < -0.3 is 16.4 Å². The van der Waals surface area contributed by atoms with E-state index in [1.165, 1.54) is 11.1 Å². The lowest BCUT2D eigenvalue weighted by Gasteiger charge is -2.23. The number of carbonyl (C=O) groups excluding carboxylic acids is 2. The number of amides is 2. The van der Waals surface area contributed by atoms with Gasteiger partial charge in [-0.15, -0.1) is 0 Å². The lowest BCUT2D eigenvalue weighted by Crippen LogP contribution is -2.33. The zero-order valence-electron chi connectivity index (χ0n) is 17.2. The fraction of sp³-hybridized carbons (Fsp3) is 0.391. The number of benzene rings is 2. The van der Waals surface area contributed by atoms with Crippen LogP contribution in [0.25, 0.3) is 0 Å². The van der Waals surface area contributed by atoms with Crippen LogP contribution in [0.4, 0.5) is 5.69 Å². The summed E-state index contributed by atoms with van der Waals surface area (Å²) in [6.07, 6.45) is 1.12. The first kappa shape index (κ1) is 21.6. The molecule has 0 saturated carbocycles. The fourth-order valence-corrected chi connectivity index (χ4v) is 3.13. The molecule has 0 heterocycles. The summed E-state index contributed by atoms with van der Waals surface area (Å²) in [6.45, 7) is 8.90. The molecule has 28 heavy (non-hydrogen) atoms. The van der Waals surface area contributed by atoms with E-state index in [4.69, 9.17) is 5.73 Å². The molecule has 0 spiro atoms. The maximum Gasteiger partial charge on any atom is 0.248 e. The van der Waals surface area contributed by atoms with Crippen LogP contribution in [0.5, 0.6) is 0 Å². The van der Waals surface area contributed by atoms with Gasteiger partial charge in [-0.2, -0.15) is 0 Å². The number of rotatable bonds is 9. The second-order valence-corrected chi connectivity index (χ2v) is 7.57. The summed E-state index contributed by atoms with van der Waals surface area (Å²) in [6, 6.07) is 15.3. The number of anilines is 1. The third-order valence-electron chi connectivity index (χ3n) is 5.08. The van der Waals surface area contributed by atoms with Crippen LogP contribution >= 0.6 is 0 Å². The molecule has 0 aliphatic heterocycles.